The number of nitrogens with one attached hydrogen (secondary N) is 2. The molecule has 1 unspecified atom stereocenters. The minimum Gasteiger partial charge on any atom is -0.493 e. The molecule has 0 aliphatic carbocycles. The number of aromatic nitrogens is 2. The molecule has 4 heterocycles. The lowest BCUT2D eigenvalue weighted by molar-refractivity contribution is -0.122. The van der Waals surface area contributed by atoms with Crippen molar-refractivity contribution < 1.29 is 28.6 Å². The first-order valence-electron chi connectivity index (χ1n) is 13.9. The molecule has 0 saturated carbocycles. The number of methoxy groups -OCH3 is 1. The zero-order valence-corrected chi connectivity index (χ0v) is 24.2. The summed E-state index contributed by atoms with van der Waals surface area (Å²) in [5.74, 6) is 0.0696. The number of fused-ring (bicyclic) bond motifs is 11. The van der Waals surface area contributed by atoms with E-state index >= 15 is 0 Å². The van der Waals surface area contributed by atoms with Gasteiger partial charge in [-0.05, 0) is 35.7 Å². The number of nitrogens with zero attached hydrogens (tertiary/aromatic N) is 3. The lowest BCUT2D eigenvalue weighted by Crippen LogP contribution is -2.46. The molecule has 3 amide bonds. The second-order valence-corrected chi connectivity index (χ2v) is 10.4. The number of carbonyl (C=O) groups excluding carboxylic acids is 3. The molecule has 6 rings (SSSR count). The van der Waals surface area contributed by atoms with Gasteiger partial charge in [-0.25, -0.2) is 4.79 Å². The van der Waals surface area contributed by atoms with E-state index in [0.717, 1.165) is 26.3 Å². The summed E-state index contributed by atoms with van der Waals surface area (Å²) >= 11 is 0. The lowest BCUT2D eigenvalue weighted by Gasteiger charge is -2.27. The Morgan fingerprint density at radius 1 is 0.953 bits per heavy atom. The van der Waals surface area contributed by atoms with Crippen LogP contribution in [0.1, 0.15) is 40.4 Å². The predicted molar refractivity (Wildman–Crippen MR) is 156 cm³/mol. The first-order valence-corrected chi connectivity index (χ1v) is 13.9. The second-order valence-electron chi connectivity index (χ2n) is 10.4. The first-order chi connectivity index (χ1) is 20.7. The zero-order valence-electron chi connectivity index (χ0n) is 24.2. The predicted octanol–water partition coefficient (Wildman–Crippen LogP) is 0.987. The third-order valence-corrected chi connectivity index (χ3v) is 7.54. The average Bonchev–Trinajstić information content (AvgIpc) is 3.00. The van der Waals surface area contributed by atoms with Crippen LogP contribution in [0.5, 0.6) is 17.2 Å². The van der Waals surface area contributed by atoms with Crippen molar-refractivity contribution in [3.63, 3.8) is 0 Å². The maximum absolute atomic E-state index is 13.5. The molecule has 2 N–H and O–H groups in total. The fourth-order valence-electron chi connectivity index (χ4n) is 5.23. The van der Waals surface area contributed by atoms with E-state index in [1.165, 1.54) is 26.1 Å². The molecule has 1 atom stereocenters. The molecule has 3 aliphatic rings. The minimum atomic E-state index is -0.652. The van der Waals surface area contributed by atoms with E-state index in [0.29, 0.717) is 29.4 Å². The maximum Gasteiger partial charge on any atom is 0.331 e. The van der Waals surface area contributed by atoms with Crippen molar-refractivity contribution in [2.45, 2.75) is 18.8 Å². The molecule has 6 bridgehead atoms. The largest absolute Gasteiger partial charge is 0.493 e. The van der Waals surface area contributed by atoms with Crippen molar-refractivity contribution in [1.29, 1.82) is 0 Å². The summed E-state index contributed by atoms with van der Waals surface area (Å²) in [4.78, 5) is 65.0. The SMILES string of the molecule is COc1ccc2cc1OCCCN(C(=O)c1cc(=O)n(C)c(=O)n1C)CC(=O)NCCOc1ccc3c(c1)NC(=O)CC23. The number of rotatable bonds is 2. The summed E-state index contributed by atoms with van der Waals surface area (Å²) in [7, 11) is 4.25. The van der Waals surface area contributed by atoms with Gasteiger partial charge in [0, 0.05) is 50.8 Å². The topological polar surface area (TPSA) is 150 Å². The van der Waals surface area contributed by atoms with Crippen molar-refractivity contribution in [1.82, 2.24) is 19.4 Å². The van der Waals surface area contributed by atoms with Gasteiger partial charge in [-0.3, -0.25) is 28.3 Å². The number of amides is 3. The quantitative estimate of drug-likeness (QED) is 0.419. The Morgan fingerprint density at radius 3 is 2.56 bits per heavy atom. The number of ether oxygens (including phenoxy) is 3. The molecule has 3 aliphatic heterocycles. The summed E-state index contributed by atoms with van der Waals surface area (Å²) in [6.45, 7) is 0.262. The molecular weight excluding hydrogens is 558 g/mol. The van der Waals surface area contributed by atoms with Gasteiger partial charge in [0.25, 0.3) is 11.5 Å². The maximum atomic E-state index is 13.5. The molecule has 0 spiro atoms. The molecule has 2 aromatic carbocycles. The number of carbonyl (C=O) groups is 3. The number of hydrogen-bond donors (Lipinski definition) is 2. The third kappa shape index (κ3) is 6.25. The molecule has 13 nitrogen and oxygen atoms in total. The standard InChI is InChI=1S/C30H33N5O8/c1-33-23(16-28(38)34(2)30(33)40)29(39)35-10-4-11-43-25-13-18(5-8-24(25)41-3)21-15-26(36)32-22-14-19(6-7-20(21)22)42-12-9-31-27(37)17-35/h5-8,13-14,16,21H,4,9-12,15,17H2,1-3H3,(H,31,37)(H,32,36). The van der Waals surface area contributed by atoms with Crippen LogP contribution in [0, 0.1) is 0 Å². The minimum absolute atomic E-state index is 0.101. The molecule has 0 saturated heterocycles. The van der Waals surface area contributed by atoms with Gasteiger partial charge >= 0.3 is 5.69 Å². The molecule has 3 aromatic rings. The summed E-state index contributed by atoms with van der Waals surface area (Å²) in [6.07, 6.45) is 0.582. The van der Waals surface area contributed by atoms with Gasteiger partial charge in [0.15, 0.2) is 11.5 Å². The lowest BCUT2D eigenvalue weighted by atomic mass is 9.84. The van der Waals surface area contributed by atoms with Gasteiger partial charge in [0.2, 0.25) is 11.8 Å². The van der Waals surface area contributed by atoms with Crippen LogP contribution < -0.4 is 36.1 Å². The number of anilines is 1. The zero-order chi connectivity index (χ0) is 30.7. The molecule has 1 aromatic heterocycles. The molecule has 226 valence electrons. The van der Waals surface area contributed by atoms with Gasteiger partial charge in [0.05, 0.1) is 26.8 Å². The fourth-order valence-corrected chi connectivity index (χ4v) is 5.23. The van der Waals surface area contributed by atoms with Gasteiger partial charge in [-0.2, -0.15) is 0 Å². The normalized spacial score (nSPS) is 17.4. The Balaban J connectivity index is 1.45. The summed E-state index contributed by atoms with van der Waals surface area (Å²) in [6, 6.07) is 12.1. The highest BCUT2D eigenvalue weighted by atomic mass is 16.5. The Kier molecular flexibility index (Phi) is 8.51. The molecule has 43 heavy (non-hydrogen) atoms. The van der Waals surface area contributed by atoms with Crippen molar-refractivity contribution in [3.8, 4) is 17.2 Å². The Hall–Kier alpha value is -5.07. The average molecular weight is 592 g/mol. The van der Waals surface area contributed by atoms with Crippen molar-refractivity contribution in [3.05, 3.63) is 80.1 Å². The van der Waals surface area contributed by atoms with Crippen LogP contribution in [0.3, 0.4) is 0 Å². The van der Waals surface area contributed by atoms with E-state index in [4.69, 9.17) is 14.2 Å². The summed E-state index contributed by atoms with van der Waals surface area (Å²) in [5.41, 5.74) is 1.05. The van der Waals surface area contributed by atoms with Crippen LogP contribution in [-0.4, -0.2) is 71.7 Å². The van der Waals surface area contributed by atoms with Crippen molar-refractivity contribution in [2.75, 3.05) is 45.3 Å². The number of hydrogen-bond acceptors (Lipinski definition) is 8. The monoisotopic (exact) mass is 591 g/mol. The van der Waals surface area contributed by atoms with Crippen LogP contribution in [0.4, 0.5) is 5.69 Å². The van der Waals surface area contributed by atoms with Gasteiger partial charge in [-0.1, -0.05) is 12.1 Å². The summed E-state index contributed by atoms with van der Waals surface area (Å²) in [5, 5.41) is 5.65. The van der Waals surface area contributed by atoms with E-state index in [9.17, 15) is 24.0 Å². The first kappa shape index (κ1) is 29.4. The highest BCUT2D eigenvalue weighted by Crippen LogP contribution is 2.41. The highest BCUT2D eigenvalue weighted by molar-refractivity contribution is 5.96. The third-order valence-electron chi connectivity index (χ3n) is 7.54. The Labute approximate surface area is 247 Å². The molecular formula is C30H33N5O8. The van der Waals surface area contributed by atoms with Crippen LogP contribution in [-0.2, 0) is 23.7 Å². The van der Waals surface area contributed by atoms with E-state index in [2.05, 4.69) is 10.6 Å². The van der Waals surface area contributed by atoms with E-state index in [1.807, 2.05) is 24.3 Å². The van der Waals surface area contributed by atoms with Crippen molar-refractivity contribution in [2.24, 2.45) is 14.1 Å². The number of benzene rings is 2. The van der Waals surface area contributed by atoms with Gasteiger partial charge < -0.3 is 29.7 Å². The summed E-state index contributed by atoms with van der Waals surface area (Å²) < 4.78 is 19.4. The fraction of sp³-hybridized carbons (Fsp3) is 0.367. The van der Waals surface area contributed by atoms with Crippen LogP contribution >= 0.6 is 0 Å². The Morgan fingerprint density at radius 2 is 1.77 bits per heavy atom. The van der Waals surface area contributed by atoms with E-state index in [1.54, 1.807) is 12.1 Å². The van der Waals surface area contributed by atoms with Crippen LogP contribution in [0.15, 0.2) is 52.1 Å². The van der Waals surface area contributed by atoms with Gasteiger partial charge in [0.1, 0.15) is 18.1 Å². The second kappa shape index (κ2) is 12.4. The highest BCUT2D eigenvalue weighted by Gasteiger charge is 2.28. The molecule has 0 radical (unpaired) electrons. The van der Waals surface area contributed by atoms with Gasteiger partial charge in [-0.15, -0.1) is 0 Å². The smallest absolute Gasteiger partial charge is 0.331 e. The van der Waals surface area contributed by atoms with Crippen LogP contribution in [0.25, 0.3) is 0 Å². The van der Waals surface area contributed by atoms with E-state index < -0.39 is 23.1 Å². The molecule has 0 fully saturated rings. The van der Waals surface area contributed by atoms with E-state index in [-0.39, 0.29) is 56.8 Å². The van der Waals surface area contributed by atoms with Crippen molar-refractivity contribution >= 4 is 23.4 Å². The Bertz CT molecular complexity index is 1690. The van der Waals surface area contributed by atoms with Crippen LogP contribution in [0.2, 0.25) is 0 Å². The molecule has 13 heteroatoms.